The van der Waals surface area contributed by atoms with Crippen molar-refractivity contribution in [3.8, 4) is 0 Å². The Morgan fingerprint density at radius 2 is 1.95 bits per heavy atom. The van der Waals surface area contributed by atoms with E-state index in [1.807, 2.05) is 18.3 Å². The highest BCUT2D eigenvalue weighted by molar-refractivity contribution is 7.88. The fraction of sp³-hybridized carbons (Fsp3) is 0.455. The lowest BCUT2D eigenvalue weighted by Crippen LogP contribution is -2.48. The van der Waals surface area contributed by atoms with Crippen molar-refractivity contribution in [1.29, 1.82) is 0 Å². The standard InChI is InChI=1S/C11H15N5O2S/c1-19(17,18)15-7-5-14(6-8-15)10-3-2-4-16-11(10)12-9-13-16/h2-4,9H,5-8H2,1H3. The van der Waals surface area contributed by atoms with E-state index >= 15 is 0 Å². The van der Waals surface area contributed by atoms with Gasteiger partial charge in [0.05, 0.1) is 11.9 Å². The zero-order chi connectivity index (χ0) is 13.5. The Morgan fingerprint density at radius 3 is 2.63 bits per heavy atom. The van der Waals surface area contributed by atoms with Crippen molar-refractivity contribution in [1.82, 2.24) is 18.9 Å². The molecule has 1 aliphatic heterocycles. The van der Waals surface area contributed by atoms with E-state index in [4.69, 9.17) is 0 Å². The van der Waals surface area contributed by atoms with Gasteiger partial charge in [-0.1, -0.05) is 0 Å². The van der Waals surface area contributed by atoms with Gasteiger partial charge < -0.3 is 4.90 Å². The van der Waals surface area contributed by atoms with Gasteiger partial charge in [-0.3, -0.25) is 0 Å². The second kappa shape index (κ2) is 4.46. The molecular weight excluding hydrogens is 266 g/mol. The molecule has 0 aliphatic carbocycles. The Balaban J connectivity index is 1.84. The zero-order valence-electron chi connectivity index (χ0n) is 10.6. The SMILES string of the molecule is CS(=O)(=O)N1CCN(c2cccn3ncnc23)CC1. The van der Waals surface area contributed by atoms with E-state index in [0.29, 0.717) is 26.2 Å². The second-order valence-corrected chi connectivity index (χ2v) is 6.55. The van der Waals surface area contributed by atoms with Crippen LogP contribution in [0.25, 0.3) is 5.65 Å². The molecule has 0 unspecified atom stereocenters. The maximum Gasteiger partial charge on any atom is 0.211 e. The summed E-state index contributed by atoms with van der Waals surface area (Å²) in [6.45, 7) is 2.35. The second-order valence-electron chi connectivity index (χ2n) is 4.57. The highest BCUT2D eigenvalue weighted by Gasteiger charge is 2.24. The van der Waals surface area contributed by atoms with Gasteiger partial charge in [0, 0.05) is 32.4 Å². The van der Waals surface area contributed by atoms with E-state index < -0.39 is 10.0 Å². The fourth-order valence-corrected chi connectivity index (χ4v) is 3.17. The van der Waals surface area contributed by atoms with Crippen molar-refractivity contribution in [2.45, 2.75) is 0 Å². The quantitative estimate of drug-likeness (QED) is 0.763. The summed E-state index contributed by atoms with van der Waals surface area (Å²) in [5.41, 5.74) is 1.79. The molecule has 0 aromatic carbocycles. The molecule has 0 bridgehead atoms. The summed E-state index contributed by atoms with van der Waals surface area (Å²) in [6.07, 6.45) is 4.62. The molecule has 0 atom stereocenters. The van der Waals surface area contributed by atoms with Crippen LogP contribution in [0.3, 0.4) is 0 Å². The Morgan fingerprint density at radius 1 is 1.21 bits per heavy atom. The molecule has 0 saturated carbocycles. The van der Waals surface area contributed by atoms with Gasteiger partial charge >= 0.3 is 0 Å². The molecule has 102 valence electrons. The lowest BCUT2D eigenvalue weighted by Gasteiger charge is -2.34. The van der Waals surface area contributed by atoms with Crippen LogP contribution in [0, 0.1) is 0 Å². The molecule has 19 heavy (non-hydrogen) atoms. The van der Waals surface area contributed by atoms with Crippen LogP contribution >= 0.6 is 0 Å². The molecule has 7 nitrogen and oxygen atoms in total. The first-order chi connectivity index (χ1) is 9.05. The maximum absolute atomic E-state index is 11.5. The third-order valence-corrected chi connectivity index (χ3v) is 4.64. The molecule has 0 spiro atoms. The summed E-state index contributed by atoms with van der Waals surface area (Å²) in [7, 11) is -3.09. The fourth-order valence-electron chi connectivity index (χ4n) is 2.34. The number of aromatic nitrogens is 3. The van der Waals surface area contributed by atoms with Crippen molar-refractivity contribution >= 4 is 21.4 Å². The number of sulfonamides is 1. The van der Waals surface area contributed by atoms with E-state index in [-0.39, 0.29) is 0 Å². The van der Waals surface area contributed by atoms with Crippen molar-refractivity contribution in [2.24, 2.45) is 0 Å². The van der Waals surface area contributed by atoms with Gasteiger partial charge in [-0.25, -0.2) is 17.9 Å². The van der Waals surface area contributed by atoms with E-state index in [1.165, 1.54) is 16.9 Å². The van der Waals surface area contributed by atoms with Crippen molar-refractivity contribution < 1.29 is 8.42 Å². The smallest absolute Gasteiger partial charge is 0.211 e. The van der Waals surface area contributed by atoms with Gasteiger partial charge in [0.15, 0.2) is 5.65 Å². The molecule has 3 heterocycles. The molecule has 0 N–H and O–H groups in total. The number of nitrogens with zero attached hydrogens (tertiary/aromatic N) is 5. The minimum atomic E-state index is -3.09. The average Bonchev–Trinajstić information content (AvgIpc) is 2.86. The zero-order valence-corrected chi connectivity index (χ0v) is 11.4. The predicted molar refractivity (Wildman–Crippen MR) is 71.6 cm³/mol. The van der Waals surface area contributed by atoms with Crippen LogP contribution in [0.15, 0.2) is 24.7 Å². The third kappa shape index (κ3) is 2.28. The minimum absolute atomic E-state index is 0.508. The molecule has 1 fully saturated rings. The van der Waals surface area contributed by atoms with Crippen LogP contribution in [0.1, 0.15) is 0 Å². The lowest BCUT2D eigenvalue weighted by atomic mass is 10.3. The van der Waals surface area contributed by atoms with Crippen LogP contribution < -0.4 is 4.90 Å². The van der Waals surface area contributed by atoms with Crippen LogP contribution in [0.4, 0.5) is 5.69 Å². The average molecular weight is 281 g/mol. The lowest BCUT2D eigenvalue weighted by molar-refractivity contribution is 0.388. The van der Waals surface area contributed by atoms with Gasteiger partial charge in [0.25, 0.3) is 0 Å². The van der Waals surface area contributed by atoms with Crippen molar-refractivity contribution in [2.75, 3.05) is 37.3 Å². The van der Waals surface area contributed by atoms with Crippen molar-refractivity contribution in [3.63, 3.8) is 0 Å². The predicted octanol–water partition coefficient (Wildman–Crippen LogP) is -0.189. The van der Waals surface area contributed by atoms with Gasteiger partial charge in [0.1, 0.15) is 6.33 Å². The Kier molecular flexibility index (Phi) is 2.90. The summed E-state index contributed by atoms with van der Waals surface area (Å²) in [6, 6.07) is 3.90. The summed E-state index contributed by atoms with van der Waals surface area (Å²) in [5, 5.41) is 4.10. The van der Waals surface area contributed by atoms with Gasteiger partial charge in [-0.2, -0.15) is 9.40 Å². The first-order valence-electron chi connectivity index (χ1n) is 6.04. The number of hydrogen-bond acceptors (Lipinski definition) is 5. The molecule has 1 saturated heterocycles. The normalized spacial score (nSPS) is 18.1. The number of fused-ring (bicyclic) bond motifs is 1. The summed E-state index contributed by atoms with van der Waals surface area (Å²) >= 11 is 0. The van der Waals surface area contributed by atoms with Crippen LogP contribution in [0.2, 0.25) is 0 Å². The summed E-state index contributed by atoms with van der Waals surface area (Å²) < 4.78 is 26.2. The molecular formula is C11H15N5O2S. The maximum atomic E-state index is 11.5. The van der Waals surface area contributed by atoms with Crippen LogP contribution in [-0.2, 0) is 10.0 Å². The largest absolute Gasteiger partial charge is 0.366 e. The van der Waals surface area contributed by atoms with Gasteiger partial charge in [-0.05, 0) is 12.1 Å². The highest BCUT2D eigenvalue weighted by atomic mass is 32.2. The first-order valence-corrected chi connectivity index (χ1v) is 7.89. The van der Waals surface area contributed by atoms with Crippen molar-refractivity contribution in [3.05, 3.63) is 24.7 Å². The van der Waals surface area contributed by atoms with Gasteiger partial charge in [-0.15, -0.1) is 0 Å². The van der Waals surface area contributed by atoms with Gasteiger partial charge in [0.2, 0.25) is 10.0 Å². The van der Waals surface area contributed by atoms with E-state index in [9.17, 15) is 8.42 Å². The molecule has 2 aromatic rings. The minimum Gasteiger partial charge on any atom is -0.366 e. The number of hydrogen-bond donors (Lipinski definition) is 0. The summed E-state index contributed by atoms with van der Waals surface area (Å²) in [4.78, 5) is 6.38. The Bertz CT molecular complexity index is 688. The van der Waals surface area contributed by atoms with Crippen LogP contribution in [0.5, 0.6) is 0 Å². The number of piperazine rings is 1. The first kappa shape index (κ1) is 12.4. The van der Waals surface area contributed by atoms with E-state index in [1.54, 1.807) is 4.52 Å². The molecule has 0 amide bonds. The number of anilines is 1. The number of pyridine rings is 1. The Labute approximate surface area is 111 Å². The molecule has 3 rings (SSSR count). The molecule has 2 aromatic heterocycles. The topological polar surface area (TPSA) is 70.8 Å². The van der Waals surface area contributed by atoms with Crippen LogP contribution in [-0.4, -0.2) is 59.8 Å². The third-order valence-electron chi connectivity index (χ3n) is 3.33. The number of rotatable bonds is 2. The van der Waals surface area contributed by atoms with E-state index in [0.717, 1.165) is 11.3 Å². The molecule has 0 radical (unpaired) electrons. The molecule has 8 heteroatoms. The van der Waals surface area contributed by atoms with E-state index in [2.05, 4.69) is 15.0 Å². The summed E-state index contributed by atoms with van der Waals surface area (Å²) in [5.74, 6) is 0. The Hall–Kier alpha value is -1.67. The molecule has 1 aliphatic rings. The monoisotopic (exact) mass is 281 g/mol. The highest BCUT2D eigenvalue weighted by Crippen LogP contribution is 2.21.